The Morgan fingerprint density at radius 3 is 2.95 bits per heavy atom. The molecule has 1 saturated heterocycles. The number of likely N-dealkylation sites (tertiary alicyclic amines) is 1. The second-order valence-electron chi connectivity index (χ2n) is 5.18. The highest BCUT2D eigenvalue weighted by molar-refractivity contribution is 7.18. The zero-order valence-corrected chi connectivity index (χ0v) is 13.4. The van der Waals surface area contributed by atoms with E-state index in [9.17, 15) is 4.79 Å². The van der Waals surface area contributed by atoms with Gasteiger partial charge in [-0.3, -0.25) is 4.79 Å². The molecule has 2 aromatic rings. The highest BCUT2D eigenvalue weighted by Gasteiger charge is 2.17. The molecular formula is C14H17ClN4OS. The molecule has 0 radical (unpaired) electrons. The van der Waals surface area contributed by atoms with Crippen molar-refractivity contribution in [3.63, 3.8) is 0 Å². The number of amides is 1. The Morgan fingerprint density at radius 2 is 2.19 bits per heavy atom. The summed E-state index contributed by atoms with van der Waals surface area (Å²) >= 11 is 7.54. The van der Waals surface area contributed by atoms with Crippen molar-refractivity contribution >= 4 is 44.9 Å². The predicted octanol–water partition coefficient (Wildman–Crippen LogP) is 3.08. The summed E-state index contributed by atoms with van der Waals surface area (Å²) in [6.07, 6.45) is 2.72. The van der Waals surface area contributed by atoms with E-state index in [1.165, 1.54) is 0 Å². The Bertz CT molecular complexity index is 666. The van der Waals surface area contributed by atoms with Crippen LogP contribution in [0, 0.1) is 6.92 Å². The standard InChI is InChI=1S/C14H17ClN4OS/c1-9-8-10-12(17-14(15)18-13(10)21-9)16-5-4-11(20)19-6-2-3-7-19/h8H,2-7H2,1H3,(H,16,17,18). The van der Waals surface area contributed by atoms with Crippen molar-refractivity contribution in [2.24, 2.45) is 0 Å². The normalized spacial score (nSPS) is 14.9. The number of thiophene rings is 1. The highest BCUT2D eigenvalue weighted by atomic mass is 35.5. The SMILES string of the molecule is Cc1cc2c(NCCC(=O)N3CCCC3)nc(Cl)nc2s1. The zero-order valence-electron chi connectivity index (χ0n) is 11.9. The highest BCUT2D eigenvalue weighted by Crippen LogP contribution is 2.29. The van der Waals surface area contributed by atoms with Crippen LogP contribution in [0.2, 0.25) is 5.28 Å². The average Bonchev–Trinajstić information content (AvgIpc) is 3.06. The van der Waals surface area contributed by atoms with Crippen LogP contribution >= 0.6 is 22.9 Å². The Labute approximate surface area is 132 Å². The largest absolute Gasteiger partial charge is 0.369 e. The zero-order chi connectivity index (χ0) is 14.8. The Morgan fingerprint density at radius 1 is 1.43 bits per heavy atom. The molecule has 5 nitrogen and oxygen atoms in total. The van der Waals surface area contributed by atoms with Crippen molar-refractivity contribution in [3.05, 3.63) is 16.2 Å². The molecule has 112 valence electrons. The van der Waals surface area contributed by atoms with Gasteiger partial charge < -0.3 is 10.2 Å². The molecule has 0 aliphatic carbocycles. The number of nitrogens with zero attached hydrogens (tertiary/aromatic N) is 3. The molecular weight excluding hydrogens is 308 g/mol. The molecule has 0 atom stereocenters. The summed E-state index contributed by atoms with van der Waals surface area (Å²) in [4.78, 5) is 24.4. The van der Waals surface area contributed by atoms with E-state index in [0.29, 0.717) is 18.8 Å². The molecule has 3 heterocycles. The topological polar surface area (TPSA) is 58.1 Å². The fourth-order valence-electron chi connectivity index (χ4n) is 2.56. The third kappa shape index (κ3) is 3.27. The van der Waals surface area contributed by atoms with E-state index in [1.54, 1.807) is 11.3 Å². The molecule has 1 aliphatic rings. The van der Waals surface area contributed by atoms with Gasteiger partial charge in [0.05, 0.1) is 5.39 Å². The van der Waals surface area contributed by atoms with Crippen molar-refractivity contribution in [2.45, 2.75) is 26.2 Å². The fraction of sp³-hybridized carbons (Fsp3) is 0.500. The number of aromatic nitrogens is 2. The Balaban J connectivity index is 1.66. The fourth-order valence-corrected chi connectivity index (χ4v) is 3.66. The molecule has 1 N–H and O–H groups in total. The van der Waals surface area contributed by atoms with Crippen LogP contribution in [0.1, 0.15) is 24.1 Å². The minimum Gasteiger partial charge on any atom is -0.369 e. The molecule has 21 heavy (non-hydrogen) atoms. The van der Waals surface area contributed by atoms with Crippen LogP contribution in [-0.4, -0.2) is 40.4 Å². The van der Waals surface area contributed by atoms with E-state index >= 15 is 0 Å². The smallest absolute Gasteiger partial charge is 0.225 e. The van der Waals surface area contributed by atoms with E-state index in [1.807, 2.05) is 17.9 Å². The third-order valence-electron chi connectivity index (χ3n) is 3.58. The van der Waals surface area contributed by atoms with Crippen molar-refractivity contribution in [1.82, 2.24) is 14.9 Å². The third-order valence-corrected chi connectivity index (χ3v) is 4.69. The van der Waals surface area contributed by atoms with Gasteiger partial charge in [0.25, 0.3) is 0 Å². The number of anilines is 1. The number of hydrogen-bond donors (Lipinski definition) is 1. The number of rotatable bonds is 4. The van der Waals surface area contributed by atoms with E-state index in [2.05, 4.69) is 15.3 Å². The summed E-state index contributed by atoms with van der Waals surface area (Å²) in [5, 5.41) is 4.42. The molecule has 1 aliphatic heterocycles. The van der Waals surface area contributed by atoms with Crippen molar-refractivity contribution < 1.29 is 4.79 Å². The quantitative estimate of drug-likeness (QED) is 0.878. The summed E-state index contributed by atoms with van der Waals surface area (Å²) in [5.74, 6) is 0.918. The number of nitrogens with one attached hydrogen (secondary N) is 1. The first-order chi connectivity index (χ1) is 10.1. The second kappa shape index (κ2) is 6.15. The first kappa shape index (κ1) is 14.5. The lowest BCUT2D eigenvalue weighted by molar-refractivity contribution is -0.129. The van der Waals surface area contributed by atoms with Crippen LogP contribution in [0.5, 0.6) is 0 Å². The molecule has 0 aromatic carbocycles. The maximum atomic E-state index is 12.0. The summed E-state index contributed by atoms with van der Waals surface area (Å²) in [6, 6.07) is 2.04. The first-order valence-electron chi connectivity index (χ1n) is 7.09. The molecule has 1 amide bonds. The van der Waals surface area contributed by atoms with Crippen LogP contribution in [0.15, 0.2) is 6.07 Å². The van der Waals surface area contributed by atoms with Gasteiger partial charge in [-0.15, -0.1) is 11.3 Å². The van der Waals surface area contributed by atoms with Gasteiger partial charge in [0.15, 0.2) is 0 Å². The van der Waals surface area contributed by atoms with Gasteiger partial charge in [-0.25, -0.2) is 9.97 Å². The number of halogens is 1. The minimum absolute atomic E-state index is 0.206. The van der Waals surface area contributed by atoms with Crippen LogP contribution < -0.4 is 5.32 Å². The van der Waals surface area contributed by atoms with Crippen molar-refractivity contribution in [3.8, 4) is 0 Å². The van der Waals surface area contributed by atoms with Gasteiger partial charge in [0.1, 0.15) is 10.6 Å². The number of carbonyl (C=O) groups excluding carboxylic acids is 1. The summed E-state index contributed by atoms with van der Waals surface area (Å²) < 4.78 is 0. The number of hydrogen-bond acceptors (Lipinski definition) is 5. The van der Waals surface area contributed by atoms with Crippen molar-refractivity contribution in [1.29, 1.82) is 0 Å². The van der Waals surface area contributed by atoms with Crippen LogP contribution in [0.3, 0.4) is 0 Å². The molecule has 0 saturated carbocycles. The maximum Gasteiger partial charge on any atom is 0.225 e. The molecule has 3 rings (SSSR count). The molecule has 0 spiro atoms. The molecule has 7 heteroatoms. The second-order valence-corrected chi connectivity index (χ2v) is 6.75. The summed E-state index contributed by atoms with van der Waals surface area (Å²) in [5.41, 5.74) is 0. The van der Waals surface area contributed by atoms with Gasteiger partial charge in [-0.05, 0) is 37.4 Å². The van der Waals surface area contributed by atoms with Crippen molar-refractivity contribution in [2.75, 3.05) is 25.0 Å². The molecule has 1 fully saturated rings. The lowest BCUT2D eigenvalue weighted by Gasteiger charge is -2.15. The van der Waals surface area contributed by atoms with Gasteiger partial charge >= 0.3 is 0 Å². The average molecular weight is 325 g/mol. The molecule has 2 aromatic heterocycles. The summed E-state index contributed by atoms with van der Waals surface area (Å²) in [7, 11) is 0. The van der Waals surface area contributed by atoms with Gasteiger partial charge in [-0.2, -0.15) is 0 Å². The van der Waals surface area contributed by atoms with Gasteiger partial charge in [0, 0.05) is 30.9 Å². The van der Waals surface area contributed by atoms with Crippen LogP contribution in [0.4, 0.5) is 5.82 Å². The van der Waals surface area contributed by atoms with Gasteiger partial charge in [0.2, 0.25) is 11.2 Å². The molecule has 0 bridgehead atoms. The van der Waals surface area contributed by atoms with E-state index < -0.39 is 0 Å². The Hall–Kier alpha value is -1.40. The molecule has 0 unspecified atom stereocenters. The van der Waals surface area contributed by atoms with Crippen LogP contribution in [-0.2, 0) is 4.79 Å². The van der Waals surface area contributed by atoms with Crippen LogP contribution in [0.25, 0.3) is 10.2 Å². The Kier molecular flexibility index (Phi) is 4.26. The lowest BCUT2D eigenvalue weighted by atomic mass is 10.3. The predicted molar refractivity (Wildman–Crippen MR) is 86.1 cm³/mol. The van der Waals surface area contributed by atoms with E-state index in [0.717, 1.165) is 41.0 Å². The van der Waals surface area contributed by atoms with Gasteiger partial charge in [-0.1, -0.05) is 0 Å². The van der Waals surface area contributed by atoms with E-state index in [4.69, 9.17) is 11.6 Å². The minimum atomic E-state index is 0.206. The number of fused-ring (bicyclic) bond motifs is 1. The first-order valence-corrected chi connectivity index (χ1v) is 8.28. The number of carbonyl (C=O) groups is 1. The maximum absolute atomic E-state index is 12.0. The monoisotopic (exact) mass is 324 g/mol. The number of aryl methyl sites for hydroxylation is 1. The summed E-state index contributed by atoms with van der Waals surface area (Å²) in [6.45, 7) is 4.38. The van der Waals surface area contributed by atoms with E-state index in [-0.39, 0.29) is 11.2 Å². The lowest BCUT2D eigenvalue weighted by Crippen LogP contribution is -2.29.